The molecule has 3 rings (SSSR count). The predicted octanol–water partition coefficient (Wildman–Crippen LogP) is 2.60. The number of carbonyl (C=O) groups is 1. The molecule has 1 fully saturated rings. The number of anilines is 1. The first-order valence-electron chi connectivity index (χ1n) is 8.43. The summed E-state index contributed by atoms with van der Waals surface area (Å²) >= 11 is 8.56. The number of nitrogens with one attached hydrogen (secondary N) is 2. The molecule has 2 aromatic carbocycles. The second kappa shape index (κ2) is 9.10. The Bertz CT molecular complexity index is 975. The highest BCUT2D eigenvalue weighted by Crippen LogP contribution is 2.21. The first-order chi connectivity index (χ1) is 13.4. The van der Waals surface area contributed by atoms with Crippen LogP contribution in [0.2, 0.25) is 0 Å². The summed E-state index contributed by atoms with van der Waals surface area (Å²) in [7, 11) is -3.59. The van der Waals surface area contributed by atoms with Gasteiger partial charge in [-0.2, -0.15) is 4.31 Å². The molecule has 0 saturated carbocycles. The van der Waals surface area contributed by atoms with Crippen molar-refractivity contribution in [2.45, 2.75) is 4.90 Å². The molecule has 10 heteroatoms. The zero-order valence-electron chi connectivity index (χ0n) is 14.7. The molecule has 28 heavy (non-hydrogen) atoms. The zero-order chi connectivity index (χ0) is 20.1. The smallest absolute Gasteiger partial charge is 0.257 e. The van der Waals surface area contributed by atoms with Crippen LogP contribution in [0.15, 0.2) is 57.9 Å². The maximum atomic E-state index is 12.6. The Kier molecular flexibility index (Phi) is 6.78. The van der Waals surface area contributed by atoms with Crippen LogP contribution in [0.5, 0.6) is 0 Å². The van der Waals surface area contributed by atoms with Crippen LogP contribution in [-0.2, 0) is 14.8 Å². The number of para-hydroxylation sites is 1. The van der Waals surface area contributed by atoms with E-state index in [0.717, 1.165) is 10.2 Å². The van der Waals surface area contributed by atoms with Crippen LogP contribution in [0.25, 0.3) is 0 Å². The fraction of sp³-hybridized carbons (Fsp3) is 0.222. The molecule has 0 spiro atoms. The molecular formula is C18H18BrN3O4S2. The molecular weight excluding hydrogens is 466 g/mol. The van der Waals surface area contributed by atoms with Crippen molar-refractivity contribution in [2.24, 2.45) is 0 Å². The number of rotatable bonds is 4. The molecule has 0 radical (unpaired) electrons. The molecule has 0 bridgehead atoms. The Hall–Kier alpha value is -1.85. The van der Waals surface area contributed by atoms with Crippen molar-refractivity contribution in [1.29, 1.82) is 0 Å². The fourth-order valence-electron chi connectivity index (χ4n) is 2.61. The van der Waals surface area contributed by atoms with Gasteiger partial charge in [0.25, 0.3) is 5.91 Å². The largest absolute Gasteiger partial charge is 0.379 e. The van der Waals surface area contributed by atoms with Crippen molar-refractivity contribution in [1.82, 2.24) is 9.62 Å². The second-order valence-corrected chi connectivity index (χ2v) is 9.13. The molecule has 2 N–H and O–H groups in total. The SMILES string of the molecule is O=C(NC(=S)Nc1ccccc1Br)c1ccc(S(=O)(=O)N2CCOCC2)cc1. The molecule has 1 aliphatic rings. The van der Waals surface area contributed by atoms with Crippen LogP contribution < -0.4 is 10.6 Å². The van der Waals surface area contributed by atoms with E-state index in [1.165, 1.54) is 28.6 Å². The van der Waals surface area contributed by atoms with Crippen molar-refractivity contribution in [3.8, 4) is 0 Å². The number of hydrogen-bond donors (Lipinski definition) is 2. The van der Waals surface area contributed by atoms with Crippen molar-refractivity contribution in [3.63, 3.8) is 0 Å². The van der Waals surface area contributed by atoms with Crippen molar-refractivity contribution >= 4 is 54.9 Å². The van der Waals surface area contributed by atoms with Gasteiger partial charge in [-0.3, -0.25) is 10.1 Å². The van der Waals surface area contributed by atoms with Gasteiger partial charge in [0, 0.05) is 23.1 Å². The van der Waals surface area contributed by atoms with E-state index >= 15 is 0 Å². The highest BCUT2D eigenvalue weighted by Gasteiger charge is 2.26. The molecule has 1 amide bonds. The molecule has 0 atom stereocenters. The Morgan fingerprint density at radius 3 is 2.36 bits per heavy atom. The lowest BCUT2D eigenvalue weighted by atomic mass is 10.2. The number of morpholine rings is 1. The molecule has 1 heterocycles. The van der Waals surface area contributed by atoms with E-state index in [-0.39, 0.29) is 10.0 Å². The molecule has 148 valence electrons. The van der Waals surface area contributed by atoms with Crippen molar-refractivity contribution in [3.05, 3.63) is 58.6 Å². The maximum absolute atomic E-state index is 12.6. The van der Waals surface area contributed by atoms with E-state index in [0.29, 0.717) is 31.9 Å². The summed E-state index contributed by atoms with van der Waals surface area (Å²) in [5.41, 5.74) is 1.02. The standard InChI is InChI=1S/C18H18BrN3O4S2/c19-15-3-1-2-4-16(15)20-18(27)21-17(23)13-5-7-14(8-6-13)28(24,25)22-9-11-26-12-10-22/h1-8H,9-12H2,(H2,20,21,23,27). The average molecular weight is 484 g/mol. The molecule has 0 aliphatic carbocycles. The Morgan fingerprint density at radius 2 is 1.71 bits per heavy atom. The number of nitrogens with zero attached hydrogens (tertiary/aromatic N) is 1. The van der Waals surface area contributed by atoms with Gasteiger partial charge in [0.2, 0.25) is 10.0 Å². The number of hydrogen-bond acceptors (Lipinski definition) is 5. The summed E-state index contributed by atoms with van der Waals surface area (Å²) in [6.45, 7) is 1.39. The number of carbonyl (C=O) groups excluding carboxylic acids is 1. The summed E-state index contributed by atoms with van der Waals surface area (Å²) in [5.74, 6) is -0.431. The van der Waals surface area contributed by atoms with Crippen LogP contribution in [0.4, 0.5) is 5.69 Å². The van der Waals surface area contributed by atoms with Crippen LogP contribution in [-0.4, -0.2) is 50.0 Å². The summed E-state index contributed by atoms with van der Waals surface area (Å²) in [6.07, 6.45) is 0. The van der Waals surface area contributed by atoms with E-state index in [1.807, 2.05) is 24.3 Å². The summed E-state index contributed by atoms with van der Waals surface area (Å²) in [4.78, 5) is 12.5. The number of halogens is 1. The van der Waals surface area contributed by atoms with E-state index in [9.17, 15) is 13.2 Å². The lowest BCUT2D eigenvalue weighted by molar-refractivity contribution is 0.0730. The van der Waals surface area contributed by atoms with Gasteiger partial charge in [0.05, 0.1) is 23.8 Å². The van der Waals surface area contributed by atoms with Gasteiger partial charge in [0.15, 0.2) is 5.11 Å². The monoisotopic (exact) mass is 483 g/mol. The van der Waals surface area contributed by atoms with E-state index in [2.05, 4.69) is 26.6 Å². The molecule has 0 unspecified atom stereocenters. The van der Waals surface area contributed by atoms with Gasteiger partial charge < -0.3 is 10.1 Å². The van der Waals surface area contributed by atoms with Gasteiger partial charge in [0.1, 0.15) is 0 Å². The highest BCUT2D eigenvalue weighted by atomic mass is 79.9. The van der Waals surface area contributed by atoms with Crippen molar-refractivity contribution in [2.75, 3.05) is 31.6 Å². The van der Waals surface area contributed by atoms with Gasteiger partial charge in [-0.05, 0) is 64.5 Å². The van der Waals surface area contributed by atoms with Gasteiger partial charge in [-0.15, -0.1) is 0 Å². The summed E-state index contributed by atoms with van der Waals surface area (Å²) in [5, 5.41) is 5.65. The number of amides is 1. The van der Waals surface area contributed by atoms with Gasteiger partial charge in [-0.1, -0.05) is 12.1 Å². The molecule has 2 aromatic rings. The normalized spacial score (nSPS) is 15.0. The van der Waals surface area contributed by atoms with Crippen LogP contribution in [0.1, 0.15) is 10.4 Å². The number of thiocarbonyl (C=S) groups is 1. The minimum Gasteiger partial charge on any atom is -0.379 e. The second-order valence-electron chi connectivity index (χ2n) is 5.93. The molecule has 0 aromatic heterocycles. The quantitative estimate of drug-likeness (QED) is 0.649. The van der Waals surface area contributed by atoms with E-state index in [4.69, 9.17) is 17.0 Å². The lowest BCUT2D eigenvalue weighted by Crippen LogP contribution is -2.40. The Morgan fingerprint density at radius 1 is 1.07 bits per heavy atom. The third-order valence-electron chi connectivity index (χ3n) is 4.07. The van der Waals surface area contributed by atoms with Crippen LogP contribution in [0.3, 0.4) is 0 Å². The molecule has 7 nitrogen and oxygen atoms in total. The number of benzene rings is 2. The molecule has 1 saturated heterocycles. The number of ether oxygens (including phenoxy) is 1. The molecule has 1 aliphatic heterocycles. The van der Waals surface area contributed by atoms with Crippen LogP contribution >= 0.6 is 28.1 Å². The summed E-state index contributed by atoms with van der Waals surface area (Å²) < 4.78 is 32.6. The third-order valence-corrected chi connectivity index (χ3v) is 6.88. The Labute approximate surface area is 177 Å². The Balaban J connectivity index is 1.65. The number of sulfonamides is 1. The fourth-order valence-corrected chi connectivity index (χ4v) is 4.60. The topological polar surface area (TPSA) is 87.7 Å². The average Bonchev–Trinajstić information content (AvgIpc) is 2.70. The minimum absolute atomic E-state index is 0.139. The highest BCUT2D eigenvalue weighted by molar-refractivity contribution is 9.10. The predicted molar refractivity (Wildman–Crippen MR) is 114 cm³/mol. The van der Waals surface area contributed by atoms with E-state index < -0.39 is 15.9 Å². The summed E-state index contributed by atoms with van der Waals surface area (Å²) in [6, 6.07) is 13.1. The maximum Gasteiger partial charge on any atom is 0.257 e. The minimum atomic E-state index is -3.59. The third kappa shape index (κ3) is 4.95. The van der Waals surface area contributed by atoms with Gasteiger partial charge in [-0.25, -0.2) is 8.42 Å². The van der Waals surface area contributed by atoms with E-state index in [1.54, 1.807) is 0 Å². The first-order valence-corrected chi connectivity index (χ1v) is 11.1. The lowest BCUT2D eigenvalue weighted by Gasteiger charge is -2.26. The van der Waals surface area contributed by atoms with Gasteiger partial charge >= 0.3 is 0 Å². The zero-order valence-corrected chi connectivity index (χ0v) is 17.9. The van der Waals surface area contributed by atoms with Crippen LogP contribution in [0, 0.1) is 0 Å². The first kappa shape index (κ1) is 20.9. The van der Waals surface area contributed by atoms with Crippen molar-refractivity contribution < 1.29 is 17.9 Å².